The Kier molecular flexibility index (Phi) is 11.7. The Hall–Kier alpha value is 0.353. The molecule has 0 unspecified atom stereocenters. The predicted molar refractivity (Wildman–Crippen MR) is 45.6 cm³/mol. The molecule has 0 amide bonds. The minimum atomic E-state index is -0.672. The van der Waals surface area contributed by atoms with Crippen molar-refractivity contribution in [1.82, 2.24) is 0 Å². The van der Waals surface area contributed by atoms with Crippen LogP contribution in [-0.2, 0) is 31.0 Å². The smallest absolute Gasteiger partial charge is 0.303 e. The van der Waals surface area contributed by atoms with Gasteiger partial charge in [-0.1, -0.05) is 33.1 Å². The first kappa shape index (κ1) is 14.9. The van der Waals surface area contributed by atoms with Crippen LogP contribution in [0.2, 0.25) is 0 Å². The SMILES string of the molecule is CC(C)CCCCCC(=O)O.[Zr]. The van der Waals surface area contributed by atoms with Gasteiger partial charge >= 0.3 is 5.97 Å². The van der Waals surface area contributed by atoms with E-state index in [1.807, 2.05) is 0 Å². The molecule has 0 aliphatic heterocycles. The molecule has 0 saturated heterocycles. The number of carboxylic acids is 1. The summed E-state index contributed by atoms with van der Waals surface area (Å²) in [5.74, 6) is 0.0781. The van der Waals surface area contributed by atoms with Crippen LogP contribution < -0.4 is 0 Å². The molecule has 70 valence electrons. The second-order valence-electron chi connectivity index (χ2n) is 3.39. The van der Waals surface area contributed by atoms with Gasteiger partial charge in [0.05, 0.1) is 0 Å². The first-order chi connectivity index (χ1) is 5.13. The van der Waals surface area contributed by atoms with Crippen LogP contribution in [-0.4, -0.2) is 11.1 Å². The molecule has 0 aromatic carbocycles. The molecule has 0 aliphatic rings. The molecule has 2 nitrogen and oxygen atoms in total. The van der Waals surface area contributed by atoms with Crippen molar-refractivity contribution >= 4 is 5.97 Å². The van der Waals surface area contributed by atoms with Gasteiger partial charge in [0.1, 0.15) is 0 Å². The summed E-state index contributed by atoms with van der Waals surface area (Å²) >= 11 is 0. The van der Waals surface area contributed by atoms with Gasteiger partial charge in [-0.25, -0.2) is 0 Å². The van der Waals surface area contributed by atoms with Crippen molar-refractivity contribution in [3.63, 3.8) is 0 Å². The van der Waals surface area contributed by atoms with Crippen molar-refractivity contribution in [2.24, 2.45) is 5.92 Å². The van der Waals surface area contributed by atoms with Gasteiger partial charge in [0, 0.05) is 32.6 Å². The third-order valence-corrected chi connectivity index (χ3v) is 1.67. The monoisotopic (exact) mass is 248 g/mol. The second kappa shape index (κ2) is 9.44. The second-order valence-corrected chi connectivity index (χ2v) is 3.39. The maximum absolute atomic E-state index is 10.1. The van der Waals surface area contributed by atoms with Gasteiger partial charge < -0.3 is 5.11 Å². The van der Waals surface area contributed by atoms with Crippen LogP contribution in [0, 0.1) is 5.92 Å². The number of unbranched alkanes of at least 4 members (excludes halogenated alkanes) is 2. The average molecular weight is 249 g/mol. The first-order valence-electron chi connectivity index (χ1n) is 4.34. The summed E-state index contributed by atoms with van der Waals surface area (Å²) in [5.41, 5.74) is 0. The normalized spacial score (nSPS) is 9.58. The molecule has 0 saturated carbocycles. The Labute approximate surface area is 93.9 Å². The number of carboxylic acid groups (broad SMARTS) is 1. The summed E-state index contributed by atoms with van der Waals surface area (Å²) in [7, 11) is 0. The molecule has 0 aliphatic carbocycles. The van der Waals surface area contributed by atoms with E-state index in [0.717, 1.165) is 18.8 Å². The van der Waals surface area contributed by atoms with Gasteiger partial charge in [0.2, 0.25) is 0 Å². The fourth-order valence-electron chi connectivity index (χ4n) is 1.01. The third-order valence-electron chi connectivity index (χ3n) is 1.67. The standard InChI is InChI=1S/C9H18O2.Zr/c1-8(2)6-4-3-5-7-9(10)11;/h8H,3-7H2,1-2H3,(H,10,11);. The van der Waals surface area contributed by atoms with E-state index in [1.54, 1.807) is 0 Å². The third kappa shape index (κ3) is 13.0. The minimum absolute atomic E-state index is 0. The fraction of sp³-hybridized carbons (Fsp3) is 0.889. The Balaban J connectivity index is 0. The molecule has 3 heteroatoms. The summed E-state index contributed by atoms with van der Waals surface area (Å²) in [6.07, 6.45) is 4.62. The van der Waals surface area contributed by atoms with Crippen molar-refractivity contribution in [3.8, 4) is 0 Å². The molecule has 0 fully saturated rings. The Bertz CT molecular complexity index is 113. The number of carbonyl (C=O) groups is 1. The first-order valence-corrected chi connectivity index (χ1v) is 4.34. The van der Waals surface area contributed by atoms with Gasteiger partial charge in [0.15, 0.2) is 0 Å². The molecule has 0 radical (unpaired) electrons. The van der Waals surface area contributed by atoms with E-state index in [4.69, 9.17) is 5.11 Å². The quantitative estimate of drug-likeness (QED) is 0.735. The molecule has 0 aromatic heterocycles. The van der Waals surface area contributed by atoms with E-state index in [2.05, 4.69) is 13.8 Å². The van der Waals surface area contributed by atoms with Gasteiger partial charge in [-0.2, -0.15) is 0 Å². The molecule has 0 rings (SSSR count). The van der Waals surface area contributed by atoms with Crippen LogP contribution in [0.3, 0.4) is 0 Å². The minimum Gasteiger partial charge on any atom is -0.481 e. The van der Waals surface area contributed by atoms with Crippen molar-refractivity contribution in [1.29, 1.82) is 0 Å². The van der Waals surface area contributed by atoms with Crippen LogP contribution in [0.1, 0.15) is 46.0 Å². The predicted octanol–water partition coefficient (Wildman–Crippen LogP) is 2.68. The molecule has 0 aromatic rings. The van der Waals surface area contributed by atoms with E-state index >= 15 is 0 Å². The zero-order valence-corrected chi connectivity index (χ0v) is 10.4. The van der Waals surface area contributed by atoms with Crippen molar-refractivity contribution in [2.45, 2.75) is 46.0 Å². The number of hydrogen-bond acceptors (Lipinski definition) is 1. The van der Waals surface area contributed by atoms with E-state index in [-0.39, 0.29) is 26.2 Å². The molecule has 0 atom stereocenters. The molecular formula is C9H18O2Zr. The molecule has 1 N–H and O–H groups in total. The molecular weight excluding hydrogens is 231 g/mol. The van der Waals surface area contributed by atoms with E-state index in [1.165, 1.54) is 12.8 Å². The summed E-state index contributed by atoms with van der Waals surface area (Å²) in [5, 5.41) is 8.32. The van der Waals surface area contributed by atoms with Crippen LogP contribution in [0.4, 0.5) is 0 Å². The van der Waals surface area contributed by atoms with E-state index < -0.39 is 5.97 Å². The van der Waals surface area contributed by atoms with Gasteiger partial charge in [-0.3, -0.25) is 4.79 Å². The van der Waals surface area contributed by atoms with Crippen LogP contribution in [0.5, 0.6) is 0 Å². The van der Waals surface area contributed by atoms with Crippen molar-refractivity contribution in [2.75, 3.05) is 0 Å². The zero-order valence-electron chi connectivity index (χ0n) is 7.97. The summed E-state index contributed by atoms with van der Waals surface area (Å²) in [6.45, 7) is 4.38. The maximum Gasteiger partial charge on any atom is 0.303 e. The van der Waals surface area contributed by atoms with Crippen molar-refractivity contribution < 1.29 is 36.1 Å². The number of rotatable bonds is 6. The summed E-state index contributed by atoms with van der Waals surface area (Å²) in [6, 6.07) is 0. The molecule has 0 spiro atoms. The Morgan fingerprint density at radius 3 is 2.25 bits per heavy atom. The molecule has 0 bridgehead atoms. The topological polar surface area (TPSA) is 37.3 Å². The molecule has 12 heavy (non-hydrogen) atoms. The van der Waals surface area contributed by atoms with Gasteiger partial charge in [0.25, 0.3) is 0 Å². The van der Waals surface area contributed by atoms with Crippen LogP contribution in [0.25, 0.3) is 0 Å². The van der Waals surface area contributed by atoms with Crippen molar-refractivity contribution in [3.05, 3.63) is 0 Å². The number of aliphatic carboxylic acids is 1. The van der Waals surface area contributed by atoms with Gasteiger partial charge in [-0.05, 0) is 12.3 Å². The van der Waals surface area contributed by atoms with E-state index in [0.29, 0.717) is 6.42 Å². The van der Waals surface area contributed by atoms with E-state index in [9.17, 15) is 4.79 Å². The largest absolute Gasteiger partial charge is 0.481 e. The summed E-state index contributed by atoms with van der Waals surface area (Å²) in [4.78, 5) is 10.1. The number of hydrogen-bond donors (Lipinski definition) is 1. The average Bonchev–Trinajstić information content (AvgIpc) is 1.85. The molecule has 0 heterocycles. The van der Waals surface area contributed by atoms with Gasteiger partial charge in [-0.15, -0.1) is 0 Å². The Morgan fingerprint density at radius 1 is 1.25 bits per heavy atom. The summed E-state index contributed by atoms with van der Waals surface area (Å²) < 4.78 is 0. The maximum atomic E-state index is 10.1. The van der Waals surface area contributed by atoms with Crippen LogP contribution in [0.15, 0.2) is 0 Å². The zero-order chi connectivity index (χ0) is 8.69. The Morgan fingerprint density at radius 2 is 1.83 bits per heavy atom. The fourth-order valence-corrected chi connectivity index (χ4v) is 1.01. The van der Waals surface area contributed by atoms with Crippen LogP contribution >= 0.6 is 0 Å².